The van der Waals surface area contributed by atoms with Crippen LogP contribution in [0.2, 0.25) is 5.02 Å². The van der Waals surface area contributed by atoms with Crippen LogP contribution in [-0.4, -0.2) is 40.3 Å². The summed E-state index contributed by atoms with van der Waals surface area (Å²) >= 11 is 6.18. The summed E-state index contributed by atoms with van der Waals surface area (Å²) < 4.78 is 15.1. The van der Waals surface area contributed by atoms with E-state index >= 15 is 4.39 Å². The summed E-state index contributed by atoms with van der Waals surface area (Å²) in [4.78, 5) is 14.9. The predicted molar refractivity (Wildman–Crippen MR) is 94.5 cm³/mol. The fraction of sp³-hybridized carbons (Fsp3) is 0.471. The number of rotatable bonds is 4. The molecule has 0 saturated carbocycles. The molecule has 3 rings (SSSR count). The van der Waals surface area contributed by atoms with Crippen molar-refractivity contribution in [3.8, 4) is 0 Å². The van der Waals surface area contributed by atoms with E-state index in [-0.39, 0.29) is 6.54 Å². The highest BCUT2D eigenvalue weighted by atomic mass is 35.5. The molecule has 24 heavy (non-hydrogen) atoms. The highest BCUT2D eigenvalue weighted by molar-refractivity contribution is 6.32. The minimum Gasteiger partial charge on any atom is -0.367 e. The first-order valence-electron chi connectivity index (χ1n) is 8.06. The van der Waals surface area contributed by atoms with Gasteiger partial charge < -0.3 is 10.2 Å². The van der Waals surface area contributed by atoms with Crippen molar-refractivity contribution in [1.82, 2.24) is 15.0 Å². The zero-order valence-electron chi connectivity index (χ0n) is 13.9. The van der Waals surface area contributed by atoms with Gasteiger partial charge in [0, 0.05) is 43.9 Å². The zero-order valence-corrected chi connectivity index (χ0v) is 14.6. The molecule has 1 N–H and O–H groups in total. The molecule has 5 nitrogen and oxygen atoms in total. The van der Waals surface area contributed by atoms with Gasteiger partial charge in [-0.1, -0.05) is 11.6 Å². The van der Waals surface area contributed by atoms with E-state index < -0.39 is 5.67 Å². The van der Waals surface area contributed by atoms with Crippen LogP contribution in [0, 0.1) is 13.8 Å². The van der Waals surface area contributed by atoms with Crippen molar-refractivity contribution >= 4 is 23.2 Å². The second-order valence-corrected chi connectivity index (χ2v) is 6.65. The number of anilines is 2. The van der Waals surface area contributed by atoms with Crippen LogP contribution in [-0.2, 0) is 0 Å². The molecule has 0 aromatic carbocycles. The van der Waals surface area contributed by atoms with Crippen LogP contribution in [0.15, 0.2) is 24.4 Å². The third-order valence-corrected chi connectivity index (χ3v) is 4.55. The molecule has 2 aromatic rings. The minimum absolute atomic E-state index is 0.243. The largest absolute Gasteiger partial charge is 0.367 e. The molecule has 0 amide bonds. The van der Waals surface area contributed by atoms with Crippen molar-refractivity contribution in [1.29, 1.82) is 0 Å². The molecule has 7 heteroatoms. The number of hydrogen-bond donors (Lipinski definition) is 1. The van der Waals surface area contributed by atoms with Gasteiger partial charge in [0.2, 0.25) is 0 Å². The van der Waals surface area contributed by atoms with Gasteiger partial charge in [-0.05, 0) is 26.0 Å². The summed E-state index contributed by atoms with van der Waals surface area (Å²) in [7, 11) is 0. The Morgan fingerprint density at radius 1 is 1.29 bits per heavy atom. The summed E-state index contributed by atoms with van der Waals surface area (Å²) in [5.74, 6) is 2.09. The summed E-state index contributed by atoms with van der Waals surface area (Å²) in [6.45, 7) is 5.17. The number of aryl methyl sites for hydroxylation is 2. The highest BCUT2D eigenvalue weighted by Gasteiger charge is 2.35. The second-order valence-electron chi connectivity index (χ2n) is 6.24. The van der Waals surface area contributed by atoms with E-state index in [4.69, 9.17) is 11.6 Å². The topological polar surface area (TPSA) is 53.9 Å². The Hall–Kier alpha value is -1.95. The lowest BCUT2D eigenvalue weighted by Gasteiger charge is -2.37. The Morgan fingerprint density at radius 2 is 2.04 bits per heavy atom. The van der Waals surface area contributed by atoms with Crippen molar-refractivity contribution in [3.63, 3.8) is 0 Å². The standard InChI is InChI=1S/C17H21ClFN5/c1-12-10-15(23-13(2)22-12)21-11-17(19)5-8-24(9-6-17)16-14(18)4-3-7-20-16/h3-4,7,10H,5-6,8-9,11H2,1-2H3,(H,21,22,23). The van der Waals surface area contributed by atoms with Crippen molar-refractivity contribution in [2.24, 2.45) is 0 Å². The third-order valence-electron chi connectivity index (χ3n) is 4.25. The summed E-state index contributed by atoms with van der Waals surface area (Å²) in [5.41, 5.74) is -0.387. The molecule has 3 heterocycles. The minimum atomic E-state index is -1.26. The van der Waals surface area contributed by atoms with Gasteiger partial charge in [-0.2, -0.15) is 0 Å². The lowest BCUT2D eigenvalue weighted by atomic mass is 9.93. The molecular weight excluding hydrogens is 329 g/mol. The van der Waals surface area contributed by atoms with Gasteiger partial charge in [-0.3, -0.25) is 0 Å². The van der Waals surface area contributed by atoms with Crippen LogP contribution >= 0.6 is 11.6 Å². The summed E-state index contributed by atoms with van der Waals surface area (Å²) in [6, 6.07) is 5.44. The Labute approximate surface area is 146 Å². The molecule has 0 radical (unpaired) electrons. The van der Waals surface area contributed by atoms with Crippen LogP contribution in [0.3, 0.4) is 0 Å². The smallest absolute Gasteiger partial charge is 0.147 e. The van der Waals surface area contributed by atoms with E-state index in [1.165, 1.54) is 0 Å². The number of alkyl halides is 1. The molecule has 0 bridgehead atoms. The molecule has 1 aliphatic rings. The lowest BCUT2D eigenvalue weighted by Crippen LogP contribution is -2.46. The maximum absolute atomic E-state index is 15.1. The van der Waals surface area contributed by atoms with Gasteiger partial charge in [-0.25, -0.2) is 19.3 Å². The highest BCUT2D eigenvalue weighted by Crippen LogP contribution is 2.31. The molecule has 2 aromatic heterocycles. The number of aromatic nitrogens is 3. The molecule has 1 fully saturated rings. The lowest BCUT2D eigenvalue weighted by molar-refractivity contribution is 0.140. The number of pyridine rings is 1. The molecule has 0 unspecified atom stereocenters. The van der Waals surface area contributed by atoms with Crippen LogP contribution < -0.4 is 10.2 Å². The molecule has 0 atom stereocenters. The van der Waals surface area contributed by atoms with Crippen LogP contribution in [0.5, 0.6) is 0 Å². The van der Waals surface area contributed by atoms with E-state index in [1.54, 1.807) is 12.3 Å². The maximum Gasteiger partial charge on any atom is 0.147 e. The van der Waals surface area contributed by atoms with Gasteiger partial charge >= 0.3 is 0 Å². The number of nitrogens with zero attached hydrogens (tertiary/aromatic N) is 4. The molecule has 0 spiro atoms. The van der Waals surface area contributed by atoms with Crippen molar-refractivity contribution in [3.05, 3.63) is 40.9 Å². The number of hydrogen-bond acceptors (Lipinski definition) is 5. The van der Waals surface area contributed by atoms with Crippen LogP contribution in [0.1, 0.15) is 24.4 Å². The number of piperidine rings is 1. The second kappa shape index (κ2) is 6.89. The molecule has 1 aliphatic heterocycles. The fourth-order valence-corrected chi connectivity index (χ4v) is 3.20. The Kier molecular flexibility index (Phi) is 4.85. The monoisotopic (exact) mass is 349 g/mol. The summed E-state index contributed by atoms with van der Waals surface area (Å²) in [6.07, 6.45) is 2.56. The molecule has 128 valence electrons. The van der Waals surface area contributed by atoms with Crippen molar-refractivity contribution < 1.29 is 4.39 Å². The van der Waals surface area contributed by atoms with Crippen LogP contribution in [0.25, 0.3) is 0 Å². The van der Waals surface area contributed by atoms with Gasteiger partial charge in [0.25, 0.3) is 0 Å². The summed E-state index contributed by atoms with van der Waals surface area (Å²) in [5, 5.41) is 3.72. The quantitative estimate of drug-likeness (QED) is 0.914. The van der Waals surface area contributed by atoms with Crippen molar-refractivity contribution in [2.75, 3.05) is 29.9 Å². The number of nitrogens with one attached hydrogen (secondary N) is 1. The first-order valence-corrected chi connectivity index (χ1v) is 8.44. The van der Waals surface area contributed by atoms with Gasteiger partial charge in [0.15, 0.2) is 0 Å². The van der Waals surface area contributed by atoms with E-state index in [2.05, 4.69) is 20.3 Å². The third kappa shape index (κ3) is 3.93. The molecule has 1 saturated heterocycles. The van der Waals surface area contributed by atoms with E-state index in [1.807, 2.05) is 30.9 Å². The van der Waals surface area contributed by atoms with E-state index in [9.17, 15) is 0 Å². The Bertz CT molecular complexity index is 696. The number of halogens is 2. The fourth-order valence-electron chi connectivity index (χ4n) is 2.96. The van der Waals surface area contributed by atoms with Gasteiger partial charge in [0.1, 0.15) is 23.1 Å². The molecule has 0 aliphatic carbocycles. The normalized spacial score (nSPS) is 16.9. The first kappa shape index (κ1) is 16.9. The Morgan fingerprint density at radius 3 is 2.71 bits per heavy atom. The first-order chi connectivity index (χ1) is 11.5. The Balaban J connectivity index is 1.59. The van der Waals surface area contributed by atoms with Crippen LogP contribution in [0.4, 0.5) is 16.0 Å². The maximum atomic E-state index is 15.1. The van der Waals surface area contributed by atoms with Gasteiger partial charge in [0.05, 0.1) is 11.6 Å². The van der Waals surface area contributed by atoms with Crippen molar-refractivity contribution in [2.45, 2.75) is 32.4 Å². The van der Waals surface area contributed by atoms with E-state index in [0.717, 1.165) is 11.5 Å². The van der Waals surface area contributed by atoms with Gasteiger partial charge in [-0.15, -0.1) is 0 Å². The SMILES string of the molecule is Cc1cc(NCC2(F)CCN(c3ncccc3Cl)CC2)nc(C)n1. The average molecular weight is 350 g/mol. The average Bonchev–Trinajstić information content (AvgIpc) is 2.54. The van der Waals surface area contributed by atoms with E-state index in [0.29, 0.717) is 42.6 Å². The zero-order chi connectivity index (χ0) is 17.2. The predicted octanol–water partition coefficient (Wildman–Crippen LogP) is 3.56. The molecular formula is C17H21ClFN5.